The SMILES string of the molecule is CC(=O)c1cnn(C(C)(C)C)c1.Cn1cc(C(=O)O)c(Br)n1.Cn1cc2c(=O)oc(-c3cnn(C(C)(C)C)c3)cc2n1. The number of carboxylic acids is 1. The molecule has 0 bridgehead atoms. The van der Waals surface area contributed by atoms with E-state index in [1.54, 1.807) is 61.2 Å². The first-order valence-electron chi connectivity index (χ1n) is 12.9. The summed E-state index contributed by atoms with van der Waals surface area (Å²) in [4.78, 5) is 33.2. The van der Waals surface area contributed by atoms with E-state index in [1.165, 1.54) is 10.9 Å². The highest BCUT2D eigenvalue weighted by Gasteiger charge is 2.17. The van der Waals surface area contributed by atoms with Crippen molar-refractivity contribution in [2.45, 2.75) is 59.5 Å². The number of carbonyl (C=O) groups is 2. The number of hydrogen-bond donors (Lipinski definition) is 1. The van der Waals surface area contributed by atoms with E-state index >= 15 is 0 Å². The molecule has 0 saturated carbocycles. The molecule has 5 rings (SSSR count). The van der Waals surface area contributed by atoms with Crippen molar-refractivity contribution < 1.29 is 19.1 Å². The van der Waals surface area contributed by atoms with E-state index in [-0.39, 0.29) is 28.1 Å². The van der Waals surface area contributed by atoms with Crippen LogP contribution in [-0.4, -0.2) is 56.0 Å². The maximum Gasteiger partial charge on any atom is 0.347 e. The lowest BCUT2D eigenvalue weighted by Gasteiger charge is -2.18. The molecule has 0 aromatic carbocycles. The van der Waals surface area contributed by atoms with Crippen LogP contribution in [0.4, 0.5) is 0 Å². The molecule has 13 nitrogen and oxygen atoms in total. The number of Topliss-reactive ketones (excluding diaryl/α,β-unsaturated/α-hetero) is 1. The molecule has 14 heteroatoms. The first-order chi connectivity index (χ1) is 19.4. The molecule has 5 heterocycles. The molecule has 0 atom stereocenters. The Morgan fingerprint density at radius 2 is 1.45 bits per heavy atom. The van der Waals surface area contributed by atoms with Gasteiger partial charge in [0.25, 0.3) is 0 Å². The Morgan fingerprint density at radius 3 is 1.88 bits per heavy atom. The van der Waals surface area contributed by atoms with Crippen molar-refractivity contribution in [2.24, 2.45) is 14.1 Å². The van der Waals surface area contributed by atoms with Crippen LogP contribution >= 0.6 is 15.9 Å². The Labute approximate surface area is 250 Å². The summed E-state index contributed by atoms with van der Waals surface area (Å²) in [5.41, 5.74) is 1.70. The molecular formula is C28H35BrN8O5. The molecule has 0 unspecified atom stereocenters. The fourth-order valence-corrected chi connectivity index (χ4v) is 4.04. The van der Waals surface area contributed by atoms with Gasteiger partial charge in [-0.3, -0.25) is 23.5 Å². The van der Waals surface area contributed by atoms with Crippen molar-refractivity contribution in [2.75, 3.05) is 0 Å². The minimum Gasteiger partial charge on any atom is -0.478 e. The molecular weight excluding hydrogens is 608 g/mol. The third-order valence-corrected chi connectivity index (χ3v) is 6.38. The maximum atomic E-state index is 11.9. The number of aromatic carboxylic acids is 1. The zero-order valence-electron chi connectivity index (χ0n) is 25.1. The van der Waals surface area contributed by atoms with Gasteiger partial charge in [-0.1, -0.05) is 0 Å². The average Bonchev–Trinajstić information content (AvgIpc) is 3.64. The third kappa shape index (κ3) is 7.90. The normalized spacial score (nSPS) is 11.5. The van der Waals surface area contributed by atoms with E-state index in [1.807, 2.05) is 31.6 Å². The van der Waals surface area contributed by atoms with E-state index < -0.39 is 5.97 Å². The van der Waals surface area contributed by atoms with Crippen molar-refractivity contribution in [1.82, 2.24) is 39.1 Å². The van der Waals surface area contributed by atoms with Gasteiger partial charge in [0.2, 0.25) is 0 Å². The van der Waals surface area contributed by atoms with E-state index in [9.17, 15) is 14.4 Å². The number of aromatic nitrogens is 8. The van der Waals surface area contributed by atoms with Crippen LogP contribution in [0.25, 0.3) is 22.2 Å². The van der Waals surface area contributed by atoms with Crippen molar-refractivity contribution >= 4 is 38.6 Å². The summed E-state index contributed by atoms with van der Waals surface area (Å²) in [6.45, 7) is 13.9. The number of fused-ring (bicyclic) bond motifs is 1. The van der Waals surface area contributed by atoms with E-state index in [0.29, 0.717) is 26.8 Å². The lowest BCUT2D eigenvalue weighted by Crippen LogP contribution is -2.22. The fourth-order valence-electron chi connectivity index (χ4n) is 3.51. The number of aryl methyl sites for hydroxylation is 2. The average molecular weight is 644 g/mol. The molecule has 0 aliphatic rings. The summed E-state index contributed by atoms with van der Waals surface area (Å²) < 4.78 is 12.4. The van der Waals surface area contributed by atoms with Gasteiger partial charge in [0, 0.05) is 44.9 Å². The van der Waals surface area contributed by atoms with Gasteiger partial charge in [-0.25, -0.2) is 9.59 Å². The highest BCUT2D eigenvalue weighted by Crippen LogP contribution is 2.23. The van der Waals surface area contributed by atoms with Crippen LogP contribution < -0.4 is 5.63 Å². The molecule has 0 aliphatic heterocycles. The summed E-state index contributed by atoms with van der Waals surface area (Å²) in [5.74, 6) is -0.429. The zero-order valence-corrected chi connectivity index (χ0v) is 26.7. The molecule has 0 fully saturated rings. The van der Waals surface area contributed by atoms with Crippen molar-refractivity contribution in [1.29, 1.82) is 0 Å². The third-order valence-electron chi connectivity index (χ3n) is 5.79. The van der Waals surface area contributed by atoms with Crippen molar-refractivity contribution in [3.05, 3.63) is 69.4 Å². The van der Waals surface area contributed by atoms with Gasteiger partial charge < -0.3 is 9.52 Å². The second-order valence-electron chi connectivity index (χ2n) is 11.6. The Balaban J connectivity index is 0.000000188. The standard InChI is InChI=1S/C14H16N4O2.C9H14N2O.C5H5BrN2O2/c1-14(2,3)18-7-9(6-15-18)12-5-11-10(13(19)20-12)8-17(4)16-11;1-7(12)8-5-10-11(6-8)9(2,3)4;1-8-2-3(5(9)10)4(6)7-8/h5-8H,1-4H3;5-6H,1-4H3;2H,1H3,(H,9,10). The van der Waals surface area contributed by atoms with Gasteiger partial charge in [0.05, 0.1) is 34.6 Å². The second-order valence-corrected chi connectivity index (χ2v) is 12.3. The highest BCUT2D eigenvalue weighted by atomic mass is 79.9. The van der Waals surface area contributed by atoms with Crippen LogP contribution in [-0.2, 0) is 25.2 Å². The summed E-state index contributed by atoms with van der Waals surface area (Å²) in [6.07, 6.45) is 10.0. The van der Waals surface area contributed by atoms with Crippen molar-refractivity contribution in [3.63, 3.8) is 0 Å². The lowest BCUT2D eigenvalue weighted by molar-refractivity contribution is 0.0695. The number of nitrogens with zero attached hydrogens (tertiary/aromatic N) is 8. The molecule has 0 amide bonds. The molecule has 5 aromatic heterocycles. The monoisotopic (exact) mass is 642 g/mol. The quantitative estimate of drug-likeness (QED) is 0.271. The number of carboxylic acid groups (broad SMARTS) is 1. The molecule has 224 valence electrons. The first-order valence-corrected chi connectivity index (χ1v) is 13.7. The Kier molecular flexibility index (Phi) is 9.40. The van der Waals surface area contributed by atoms with Crippen LogP contribution in [0.15, 0.2) is 57.1 Å². The molecule has 5 aromatic rings. The zero-order chi connectivity index (χ0) is 31.6. The maximum absolute atomic E-state index is 11.9. The molecule has 0 spiro atoms. The van der Waals surface area contributed by atoms with Crippen molar-refractivity contribution in [3.8, 4) is 11.3 Å². The summed E-state index contributed by atoms with van der Waals surface area (Å²) in [7, 11) is 3.44. The molecule has 0 radical (unpaired) electrons. The van der Waals surface area contributed by atoms with Gasteiger partial charge in [-0.05, 0) is 64.4 Å². The predicted molar refractivity (Wildman–Crippen MR) is 161 cm³/mol. The van der Waals surface area contributed by atoms with E-state index in [4.69, 9.17) is 9.52 Å². The highest BCUT2D eigenvalue weighted by molar-refractivity contribution is 9.10. The summed E-state index contributed by atoms with van der Waals surface area (Å²) in [5, 5.41) is 25.4. The number of halogens is 1. The minimum absolute atomic E-state index is 0.0479. The molecule has 0 aliphatic carbocycles. The summed E-state index contributed by atoms with van der Waals surface area (Å²) >= 11 is 3.00. The van der Waals surface area contributed by atoms with Crippen LogP contribution in [0, 0.1) is 0 Å². The van der Waals surface area contributed by atoms with Gasteiger partial charge >= 0.3 is 11.6 Å². The Hall–Kier alpha value is -4.33. The molecule has 42 heavy (non-hydrogen) atoms. The molecule has 0 saturated heterocycles. The minimum atomic E-state index is -0.972. The Bertz CT molecular complexity index is 1780. The predicted octanol–water partition coefficient (Wildman–Crippen LogP) is 4.87. The second kappa shape index (κ2) is 12.3. The van der Waals surface area contributed by atoms with E-state index in [0.717, 1.165) is 5.56 Å². The smallest absolute Gasteiger partial charge is 0.347 e. The van der Waals surface area contributed by atoms with E-state index in [2.05, 4.69) is 57.1 Å². The van der Waals surface area contributed by atoms with Gasteiger partial charge in [0.15, 0.2) is 5.78 Å². The number of rotatable bonds is 3. The fraction of sp³-hybridized carbons (Fsp3) is 0.393. The van der Waals surface area contributed by atoms with Gasteiger partial charge in [-0.15, -0.1) is 0 Å². The summed E-state index contributed by atoms with van der Waals surface area (Å²) in [6, 6.07) is 1.76. The van der Waals surface area contributed by atoms with Crippen LogP contribution in [0.5, 0.6) is 0 Å². The van der Waals surface area contributed by atoms with Crippen LogP contribution in [0.3, 0.4) is 0 Å². The lowest BCUT2D eigenvalue weighted by atomic mass is 10.1. The number of carbonyl (C=O) groups excluding carboxylic acids is 1. The number of ketones is 1. The van der Waals surface area contributed by atoms with Crippen LogP contribution in [0.1, 0.15) is 69.2 Å². The topological polar surface area (TPSA) is 156 Å². The van der Waals surface area contributed by atoms with Gasteiger partial charge in [-0.2, -0.15) is 20.4 Å². The largest absolute Gasteiger partial charge is 0.478 e. The first kappa shape index (κ1) is 32.2. The van der Waals surface area contributed by atoms with Crippen LogP contribution in [0.2, 0.25) is 0 Å². The molecule has 1 N–H and O–H groups in total. The Morgan fingerprint density at radius 1 is 0.881 bits per heavy atom. The van der Waals surface area contributed by atoms with Gasteiger partial charge in [0.1, 0.15) is 26.8 Å². The number of hydrogen-bond acceptors (Lipinski definition) is 8.